The molecule has 1 aliphatic rings. The van der Waals surface area contributed by atoms with Crippen LogP contribution in [0.5, 0.6) is 0 Å². The van der Waals surface area contributed by atoms with Gasteiger partial charge in [0.1, 0.15) is 0 Å². The van der Waals surface area contributed by atoms with E-state index in [0.717, 1.165) is 18.7 Å². The normalized spacial score (nSPS) is 16.4. The van der Waals surface area contributed by atoms with Crippen molar-refractivity contribution in [3.63, 3.8) is 0 Å². The number of carbonyl (C=O) groups excluding carboxylic acids is 2. The summed E-state index contributed by atoms with van der Waals surface area (Å²) in [6.07, 6.45) is 0.329. The number of hydrogen-bond donors (Lipinski definition) is 1. The Bertz CT molecular complexity index is 485. The molecule has 102 valence electrons. The molecule has 0 bridgehead atoms. The number of nitrogens with zero attached hydrogens (tertiary/aromatic N) is 1. The highest BCUT2D eigenvalue weighted by Gasteiger charge is 2.31. The molecule has 2 amide bonds. The Morgan fingerprint density at radius 2 is 2.05 bits per heavy atom. The van der Waals surface area contributed by atoms with Crippen LogP contribution in [0.15, 0.2) is 24.3 Å². The predicted octanol–water partition coefficient (Wildman–Crippen LogP) is 1.46. The van der Waals surface area contributed by atoms with Gasteiger partial charge in [-0.2, -0.15) is 0 Å². The lowest BCUT2D eigenvalue weighted by atomic mass is 9.97. The largest absolute Gasteiger partial charge is 0.317 e. The summed E-state index contributed by atoms with van der Waals surface area (Å²) in [5, 5.41) is 3.24. The monoisotopic (exact) mass is 260 g/mol. The maximum atomic E-state index is 12.3. The summed E-state index contributed by atoms with van der Waals surface area (Å²) in [6.45, 7) is 6.28. The molecular weight excluding hydrogens is 240 g/mol. The third-order valence-corrected chi connectivity index (χ3v) is 3.37. The van der Waals surface area contributed by atoms with Gasteiger partial charge >= 0.3 is 0 Å². The van der Waals surface area contributed by atoms with Crippen LogP contribution in [0.2, 0.25) is 0 Å². The lowest BCUT2D eigenvalue weighted by Gasteiger charge is -2.29. The number of imide groups is 1. The Hall–Kier alpha value is -1.68. The van der Waals surface area contributed by atoms with Crippen molar-refractivity contribution >= 4 is 11.8 Å². The Balaban J connectivity index is 2.10. The molecular formula is C15H20N2O2. The molecule has 1 aliphatic heterocycles. The number of nitrogens with one attached hydrogen (secondary N) is 1. The van der Waals surface area contributed by atoms with Crippen LogP contribution in [0.3, 0.4) is 0 Å². The van der Waals surface area contributed by atoms with E-state index in [4.69, 9.17) is 0 Å². The van der Waals surface area contributed by atoms with Crippen molar-refractivity contribution in [1.29, 1.82) is 0 Å². The third-order valence-electron chi connectivity index (χ3n) is 3.37. The van der Waals surface area contributed by atoms with Crippen molar-refractivity contribution in [2.24, 2.45) is 5.92 Å². The van der Waals surface area contributed by atoms with Crippen LogP contribution in [0.4, 0.5) is 0 Å². The number of fused-ring (bicyclic) bond motifs is 1. The van der Waals surface area contributed by atoms with Crippen LogP contribution in [0, 0.1) is 5.92 Å². The molecule has 4 nitrogen and oxygen atoms in total. The average Bonchev–Trinajstić information content (AvgIpc) is 2.41. The molecule has 0 radical (unpaired) electrons. The molecule has 1 aromatic rings. The van der Waals surface area contributed by atoms with Crippen molar-refractivity contribution in [1.82, 2.24) is 10.2 Å². The number of rotatable bonds is 5. The van der Waals surface area contributed by atoms with Crippen LogP contribution in [0.25, 0.3) is 0 Å². The van der Waals surface area contributed by atoms with Gasteiger partial charge in [0.25, 0.3) is 5.91 Å². The van der Waals surface area contributed by atoms with Crippen LogP contribution in [-0.2, 0) is 11.2 Å². The fourth-order valence-corrected chi connectivity index (χ4v) is 2.35. The summed E-state index contributed by atoms with van der Waals surface area (Å²) in [5.74, 6) is 0.0142. The third kappa shape index (κ3) is 3.01. The molecule has 1 unspecified atom stereocenters. The molecule has 0 saturated carbocycles. The second kappa shape index (κ2) is 5.97. The standard InChI is InChI=1S/C15H20N2O2/c1-3-16-9-11(2)10-17-14(18)8-12-6-4-5-7-13(12)15(17)19/h4-7,11,16H,3,8-10H2,1-2H3. The zero-order chi connectivity index (χ0) is 13.8. The summed E-state index contributed by atoms with van der Waals surface area (Å²) in [6, 6.07) is 7.35. The Kier molecular flexibility index (Phi) is 4.32. The molecule has 19 heavy (non-hydrogen) atoms. The van der Waals surface area contributed by atoms with Crippen molar-refractivity contribution in [2.45, 2.75) is 20.3 Å². The first-order chi connectivity index (χ1) is 9.13. The van der Waals surface area contributed by atoms with Gasteiger partial charge < -0.3 is 5.32 Å². The van der Waals surface area contributed by atoms with E-state index in [9.17, 15) is 9.59 Å². The molecule has 2 rings (SSSR count). The fraction of sp³-hybridized carbons (Fsp3) is 0.467. The molecule has 1 aromatic carbocycles. The van der Waals surface area contributed by atoms with Gasteiger partial charge in [0.2, 0.25) is 5.91 Å². The van der Waals surface area contributed by atoms with E-state index in [1.165, 1.54) is 4.90 Å². The van der Waals surface area contributed by atoms with Gasteiger partial charge in [-0.3, -0.25) is 14.5 Å². The minimum absolute atomic E-state index is 0.0907. The fourth-order valence-electron chi connectivity index (χ4n) is 2.35. The van der Waals surface area contributed by atoms with Crippen molar-refractivity contribution < 1.29 is 9.59 Å². The quantitative estimate of drug-likeness (QED) is 0.815. The first kappa shape index (κ1) is 13.7. The first-order valence-corrected chi connectivity index (χ1v) is 6.76. The highest BCUT2D eigenvalue weighted by atomic mass is 16.2. The molecule has 0 aromatic heterocycles. The van der Waals surface area contributed by atoms with Gasteiger partial charge in [0.15, 0.2) is 0 Å². The summed E-state index contributed by atoms with van der Waals surface area (Å²) in [5.41, 5.74) is 1.51. The maximum absolute atomic E-state index is 12.3. The minimum atomic E-state index is -0.157. The Morgan fingerprint density at radius 3 is 2.79 bits per heavy atom. The molecule has 0 spiro atoms. The van der Waals surface area contributed by atoms with Gasteiger partial charge in [0.05, 0.1) is 6.42 Å². The van der Waals surface area contributed by atoms with E-state index < -0.39 is 0 Å². The highest BCUT2D eigenvalue weighted by molar-refractivity contribution is 6.09. The van der Waals surface area contributed by atoms with Crippen LogP contribution >= 0.6 is 0 Å². The number of amides is 2. The van der Waals surface area contributed by atoms with E-state index in [2.05, 4.69) is 5.32 Å². The van der Waals surface area contributed by atoms with Gasteiger partial charge in [-0.25, -0.2) is 0 Å². The molecule has 0 fully saturated rings. The van der Waals surface area contributed by atoms with Crippen molar-refractivity contribution in [3.05, 3.63) is 35.4 Å². The van der Waals surface area contributed by atoms with Gasteiger partial charge in [0, 0.05) is 12.1 Å². The van der Waals surface area contributed by atoms with Crippen LogP contribution in [0.1, 0.15) is 29.8 Å². The SMILES string of the molecule is CCNCC(C)CN1C(=O)Cc2ccccc2C1=O. The molecule has 0 aliphatic carbocycles. The van der Waals surface area contributed by atoms with Gasteiger partial charge in [-0.15, -0.1) is 0 Å². The second-order valence-corrected chi connectivity index (χ2v) is 5.06. The molecule has 1 heterocycles. The van der Waals surface area contributed by atoms with Crippen molar-refractivity contribution in [3.8, 4) is 0 Å². The van der Waals surface area contributed by atoms with E-state index in [1.54, 1.807) is 6.07 Å². The highest BCUT2D eigenvalue weighted by Crippen LogP contribution is 2.20. The molecule has 4 heteroatoms. The number of carbonyl (C=O) groups is 2. The minimum Gasteiger partial charge on any atom is -0.317 e. The predicted molar refractivity (Wildman–Crippen MR) is 73.9 cm³/mol. The van der Waals surface area contributed by atoms with Gasteiger partial charge in [-0.05, 0) is 30.6 Å². The van der Waals surface area contributed by atoms with E-state index >= 15 is 0 Å². The zero-order valence-corrected chi connectivity index (χ0v) is 11.5. The summed E-state index contributed by atoms with van der Waals surface area (Å²) >= 11 is 0. The summed E-state index contributed by atoms with van der Waals surface area (Å²) < 4.78 is 0. The number of benzene rings is 1. The zero-order valence-electron chi connectivity index (χ0n) is 11.5. The molecule has 1 N–H and O–H groups in total. The molecule has 1 atom stereocenters. The van der Waals surface area contributed by atoms with E-state index in [1.807, 2.05) is 32.0 Å². The Morgan fingerprint density at radius 1 is 1.32 bits per heavy atom. The summed E-state index contributed by atoms with van der Waals surface area (Å²) in [7, 11) is 0. The van der Waals surface area contributed by atoms with Crippen LogP contribution < -0.4 is 5.32 Å². The van der Waals surface area contributed by atoms with E-state index in [0.29, 0.717) is 18.5 Å². The van der Waals surface area contributed by atoms with Crippen molar-refractivity contribution in [2.75, 3.05) is 19.6 Å². The van der Waals surface area contributed by atoms with Crippen LogP contribution in [-0.4, -0.2) is 36.3 Å². The molecule has 0 saturated heterocycles. The average molecular weight is 260 g/mol. The lowest BCUT2D eigenvalue weighted by Crippen LogP contribution is -2.45. The summed E-state index contributed by atoms with van der Waals surface area (Å²) in [4.78, 5) is 25.8. The second-order valence-electron chi connectivity index (χ2n) is 5.06. The smallest absolute Gasteiger partial charge is 0.260 e. The Labute approximate surface area is 113 Å². The van der Waals surface area contributed by atoms with E-state index in [-0.39, 0.29) is 17.7 Å². The number of hydrogen-bond acceptors (Lipinski definition) is 3. The maximum Gasteiger partial charge on any atom is 0.260 e. The van der Waals surface area contributed by atoms with Gasteiger partial charge in [-0.1, -0.05) is 32.0 Å². The lowest BCUT2D eigenvalue weighted by molar-refractivity contribution is -0.128. The first-order valence-electron chi connectivity index (χ1n) is 6.76. The topological polar surface area (TPSA) is 49.4 Å².